The van der Waals surface area contributed by atoms with Gasteiger partial charge in [0.05, 0.1) is 10.2 Å². The third kappa shape index (κ3) is 6.38. The summed E-state index contributed by atoms with van der Waals surface area (Å²) < 4.78 is 54.6. The molecular formula is C26H32ClO5PS. The molecule has 0 saturated carbocycles. The topological polar surface area (TPSA) is 95.5 Å². The molecule has 8 heteroatoms. The van der Waals surface area contributed by atoms with E-state index in [-0.39, 0.29) is 6.16 Å². The average molecular weight is 523 g/mol. The highest BCUT2D eigenvalue weighted by atomic mass is 35.7. The van der Waals surface area contributed by atoms with Crippen LogP contribution in [0.5, 0.6) is 0 Å². The Morgan fingerprint density at radius 1 is 0.794 bits per heavy atom. The maximum atomic E-state index is 14.7. The summed E-state index contributed by atoms with van der Waals surface area (Å²) in [5, 5.41) is 1.51. The van der Waals surface area contributed by atoms with Crippen LogP contribution < -0.4 is 24.6 Å². The van der Waals surface area contributed by atoms with E-state index in [4.69, 9.17) is 3.74 Å². The standard InChI is InChI=1S/C26H32ClO5PS/c1-25(2,3)23-17-20(18-24(26(4,5)6)34(23)32-27(28,29)30)19-33(31,21-13-9-7-10-14-21)22-15-11-8-12-16-22/h7-18H,19H2,1-6H3. The second-order valence-electron chi connectivity index (χ2n) is 10.4. The van der Waals surface area contributed by atoms with Gasteiger partial charge in [0.15, 0.2) is 0 Å². The lowest BCUT2D eigenvalue weighted by molar-refractivity contribution is -1.91. The lowest BCUT2D eigenvalue weighted by Gasteiger charge is -2.33. The smallest absolute Gasteiger partial charge is 0.147 e. The van der Waals surface area contributed by atoms with Gasteiger partial charge in [-0.25, -0.2) is 0 Å². The lowest BCUT2D eigenvalue weighted by Crippen LogP contribution is -2.60. The first-order chi connectivity index (χ1) is 15.6. The molecule has 0 fully saturated rings. The largest absolute Gasteiger partial charge is 0.313 e. The molecule has 0 aromatic heterocycles. The maximum Gasteiger partial charge on any atom is 0.147 e. The Balaban J connectivity index is 2.23. The van der Waals surface area contributed by atoms with Gasteiger partial charge in [0.1, 0.15) is 21.6 Å². The Morgan fingerprint density at radius 2 is 1.26 bits per heavy atom. The van der Waals surface area contributed by atoms with Crippen molar-refractivity contribution in [1.29, 1.82) is 0 Å². The summed E-state index contributed by atoms with van der Waals surface area (Å²) in [5.41, 5.74) is -0.149. The number of hydrogen-bond acceptors (Lipinski definition) is 5. The SMILES string of the molecule is CC(C)(C)C1=CC(CP(=O)(c2ccccc2)c2ccccc2)=CC(C(C)(C)C)=S1O[Cl+3]([O-])([O-])[O-]. The van der Waals surface area contributed by atoms with Gasteiger partial charge < -0.3 is 4.57 Å². The van der Waals surface area contributed by atoms with E-state index < -0.39 is 39.0 Å². The Hall–Kier alpha value is -1.50. The van der Waals surface area contributed by atoms with Crippen LogP contribution >= 0.6 is 17.9 Å². The molecule has 0 N–H and O–H groups in total. The van der Waals surface area contributed by atoms with Gasteiger partial charge in [-0.1, -0.05) is 102 Å². The number of hydrogen-bond donors (Lipinski definition) is 0. The minimum Gasteiger partial charge on any atom is -0.313 e. The molecule has 2 aromatic carbocycles. The fourth-order valence-electron chi connectivity index (χ4n) is 3.76. The van der Waals surface area contributed by atoms with E-state index in [2.05, 4.69) is 0 Å². The molecule has 1 heterocycles. The van der Waals surface area contributed by atoms with Gasteiger partial charge in [-0.15, -0.1) is 0 Å². The van der Waals surface area contributed by atoms with Gasteiger partial charge in [0.2, 0.25) is 0 Å². The van der Waals surface area contributed by atoms with Crippen LogP contribution in [0.25, 0.3) is 0 Å². The number of benzene rings is 2. The van der Waals surface area contributed by atoms with Gasteiger partial charge in [-0.05, 0) is 28.6 Å². The third-order valence-corrected chi connectivity index (χ3v) is 11.9. The Labute approximate surface area is 207 Å². The first kappa shape index (κ1) is 27.1. The van der Waals surface area contributed by atoms with Gasteiger partial charge in [0, 0.05) is 26.5 Å². The predicted molar refractivity (Wildman–Crippen MR) is 133 cm³/mol. The van der Waals surface area contributed by atoms with Gasteiger partial charge in [0.25, 0.3) is 0 Å². The molecular weight excluding hydrogens is 491 g/mol. The fraction of sp³-hybridized carbons (Fsp3) is 0.346. The van der Waals surface area contributed by atoms with Crippen molar-refractivity contribution in [2.75, 3.05) is 6.16 Å². The molecule has 0 saturated heterocycles. The summed E-state index contributed by atoms with van der Waals surface area (Å²) in [4.78, 5) is 1.38. The van der Waals surface area contributed by atoms with Crippen LogP contribution in [-0.2, 0) is 8.30 Å². The lowest BCUT2D eigenvalue weighted by atomic mass is 9.89. The zero-order valence-electron chi connectivity index (χ0n) is 20.4. The number of rotatable bonds is 6. The molecule has 5 nitrogen and oxygen atoms in total. The third-order valence-electron chi connectivity index (χ3n) is 5.40. The first-order valence-electron chi connectivity index (χ1n) is 11.0. The van der Waals surface area contributed by atoms with E-state index in [1.807, 2.05) is 114 Å². The second kappa shape index (κ2) is 9.87. The van der Waals surface area contributed by atoms with Crippen LogP contribution in [0.4, 0.5) is 0 Å². The van der Waals surface area contributed by atoms with Crippen LogP contribution in [0.15, 0.2) is 83.3 Å². The highest BCUT2D eigenvalue weighted by Gasteiger charge is 2.39. The van der Waals surface area contributed by atoms with Crippen molar-refractivity contribution in [1.82, 2.24) is 0 Å². The summed E-state index contributed by atoms with van der Waals surface area (Å²) >= 11 is 0. The molecule has 0 spiro atoms. The maximum absolute atomic E-state index is 14.7. The molecule has 184 valence electrons. The minimum atomic E-state index is -4.63. The van der Waals surface area contributed by atoms with Gasteiger partial charge in [-0.2, -0.15) is 14.0 Å². The molecule has 1 aliphatic rings. The van der Waals surface area contributed by atoms with Crippen LogP contribution in [-0.4, -0.2) is 11.0 Å². The minimum absolute atomic E-state index is 0.263. The van der Waals surface area contributed by atoms with Crippen molar-refractivity contribution in [3.8, 4) is 0 Å². The van der Waals surface area contributed by atoms with Crippen molar-refractivity contribution in [2.45, 2.75) is 41.5 Å². The Kier molecular flexibility index (Phi) is 7.86. The normalized spacial score (nSPS) is 17.9. The van der Waals surface area contributed by atoms with Crippen molar-refractivity contribution < 1.29 is 32.5 Å². The quantitative estimate of drug-likeness (QED) is 0.429. The summed E-state index contributed by atoms with van der Waals surface area (Å²) in [5.74, 6) is 0. The average Bonchev–Trinajstić information content (AvgIpc) is 2.73. The number of halogens is 1. The molecule has 0 bridgehead atoms. The molecule has 1 atom stereocenters. The van der Waals surface area contributed by atoms with E-state index in [0.29, 0.717) is 9.77 Å². The predicted octanol–water partition coefficient (Wildman–Crippen LogP) is 3.19. The molecule has 1 unspecified atom stereocenters. The highest BCUT2D eigenvalue weighted by molar-refractivity contribution is 8.15. The molecule has 2 aromatic rings. The number of allylic oxidation sites excluding steroid dienone is 4. The zero-order chi connectivity index (χ0) is 25.4. The highest BCUT2D eigenvalue weighted by Crippen LogP contribution is 2.51. The summed E-state index contributed by atoms with van der Waals surface area (Å²) in [6.07, 6.45) is 4.01. The summed E-state index contributed by atoms with van der Waals surface area (Å²) in [7, 11) is -9.05. The van der Waals surface area contributed by atoms with Gasteiger partial charge >= 0.3 is 0 Å². The van der Waals surface area contributed by atoms with Crippen LogP contribution in [0.2, 0.25) is 0 Å². The first-order valence-corrected chi connectivity index (χ1v) is 15.2. The molecule has 34 heavy (non-hydrogen) atoms. The van der Waals surface area contributed by atoms with Crippen molar-refractivity contribution in [2.24, 2.45) is 10.8 Å². The second-order valence-corrected chi connectivity index (χ2v) is 15.9. The van der Waals surface area contributed by atoms with Crippen LogP contribution in [0.3, 0.4) is 0 Å². The van der Waals surface area contributed by atoms with E-state index in [9.17, 15) is 18.5 Å². The van der Waals surface area contributed by atoms with E-state index in [1.165, 1.54) is 0 Å². The fourth-order valence-corrected chi connectivity index (χ4v) is 9.45. The molecule has 0 aliphatic carbocycles. The molecule has 0 radical (unpaired) electrons. The molecule has 0 amide bonds. The van der Waals surface area contributed by atoms with Crippen LogP contribution in [0.1, 0.15) is 41.5 Å². The van der Waals surface area contributed by atoms with Crippen molar-refractivity contribution in [3.05, 3.63) is 83.3 Å². The Bertz CT molecular complexity index is 1120. The molecule has 1 aliphatic heterocycles. The zero-order valence-corrected chi connectivity index (χ0v) is 22.9. The van der Waals surface area contributed by atoms with E-state index >= 15 is 0 Å². The van der Waals surface area contributed by atoms with Crippen molar-refractivity contribution >= 4 is 33.4 Å². The van der Waals surface area contributed by atoms with Crippen molar-refractivity contribution in [3.63, 3.8) is 0 Å². The van der Waals surface area contributed by atoms with Gasteiger partial charge in [-0.3, -0.25) is 0 Å². The summed E-state index contributed by atoms with van der Waals surface area (Å²) in [6.45, 7) is 11.7. The van der Waals surface area contributed by atoms with Crippen LogP contribution in [0, 0.1) is 21.1 Å². The monoisotopic (exact) mass is 522 g/mol. The van der Waals surface area contributed by atoms with E-state index in [0.717, 1.165) is 16.2 Å². The molecule has 3 rings (SSSR count). The van der Waals surface area contributed by atoms with E-state index in [1.54, 1.807) is 0 Å². The Morgan fingerprint density at radius 3 is 1.65 bits per heavy atom. The summed E-state index contributed by atoms with van der Waals surface area (Å²) in [6, 6.07) is 18.9.